The lowest BCUT2D eigenvalue weighted by Gasteiger charge is -2.05. The van der Waals surface area contributed by atoms with Crippen LogP contribution in [0.4, 0.5) is 10.8 Å². The summed E-state index contributed by atoms with van der Waals surface area (Å²) in [5.74, 6) is -0.166. The first kappa shape index (κ1) is 20.9. The minimum atomic E-state index is -0.570. The van der Waals surface area contributed by atoms with E-state index in [4.69, 9.17) is 4.74 Å². The molecule has 1 heterocycles. The van der Waals surface area contributed by atoms with Crippen LogP contribution in [0.15, 0.2) is 48.5 Å². The van der Waals surface area contributed by atoms with Crippen LogP contribution in [0.5, 0.6) is 5.75 Å². The van der Waals surface area contributed by atoms with E-state index in [1.165, 1.54) is 31.4 Å². The van der Waals surface area contributed by atoms with Gasteiger partial charge in [-0.1, -0.05) is 23.5 Å². The highest BCUT2D eigenvalue weighted by Crippen LogP contribution is 2.18. The number of methoxy groups -OCH3 is 1. The van der Waals surface area contributed by atoms with Crippen LogP contribution in [0.3, 0.4) is 0 Å². The highest BCUT2D eigenvalue weighted by molar-refractivity contribution is 7.15. The SMILES string of the molecule is COc1cccc(C(=O)NCCc2nnc(NC(=O)c3cccc([N+](=O)[O-])c3)s2)c1. The number of rotatable bonds is 8. The number of nitro benzene ring substituents is 1. The molecule has 3 rings (SSSR count). The Hall–Kier alpha value is -3.86. The van der Waals surface area contributed by atoms with Crippen molar-refractivity contribution in [1.29, 1.82) is 0 Å². The van der Waals surface area contributed by atoms with E-state index in [2.05, 4.69) is 20.8 Å². The zero-order chi connectivity index (χ0) is 21.5. The van der Waals surface area contributed by atoms with Crippen LogP contribution >= 0.6 is 11.3 Å². The van der Waals surface area contributed by atoms with Gasteiger partial charge in [-0.3, -0.25) is 25.0 Å². The van der Waals surface area contributed by atoms with Crippen molar-refractivity contribution in [1.82, 2.24) is 15.5 Å². The van der Waals surface area contributed by atoms with Gasteiger partial charge < -0.3 is 10.1 Å². The number of anilines is 1. The molecule has 0 aliphatic carbocycles. The van der Waals surface area contributed by atoms with E-state index in [1.54, 1.807) is 24.3 Å². The number of ether oxygens (including phenoxy) is 1. The van der Waals surface area contributed by atoms with Crippen molar-refractivity contribution < 1.29 is 19.2 Å². The molecule has 0 saturated heterocycles. The van der Waals surface area contributed by atoms with E-state index >= 15 is 0 Å². The Morgan fingerprint density at radius 3 is 2.57 bits per heavy atom. The van der Waals surface area contributed by atoms with Gasteiger partial charge in [0.05, 0.1) is 12.0 Å². The number of nitrogens with one attached hydrogen (secondary N) is 2. The van der Waals surface area contributed by atoms with Crippen LogP contribution in [0.1, 0.15) is 25.7 Å². The molecule has 0 aliphatic heterocycles. The van der Waals surface area contributed by atoms with Crippen molar-refractivity contribution in [2.24, 2.45) is 0 Å². The summed E-state index contributed by atoms with van der Waals surface area (Å²) in [5, 5.41) is 24.9. The number of carbonyl (C=O) groups excluding carboxylic acids is 2. The number of non-ortho nitro benzene ring substituents is 1. The molecule has 2 N–H and O–H groups in total. The third-order valence-corrected chi connectivity index (χ3v) is 4.86. The molecule has 30 heavy (non-hydrogen) atoms. The summed E-state index contributed by atoms with van der Waals surface area (Å²) in [6.45, 7) is 0.337. The highest BCUT2D eigenvalue weighted by atomic mass is 32.1. The molecule has 0 fully saturated rings. The maximum absolute atomic E-state index is 12.2. The molecule has 0 bridgehead atoms. The van der Waals surface area contributed by atoms with Gasteiger partial charge in [0.15, 0.2) is 0 Å². The summed E-state index contributed by atoms with van der Waals surface area (Å²) in [4.78, 5) is 34.7. The number of carbonyl (C=O) groups is 2. The molecule has 0 spiro atoms. The average Bonchev–Trinajstić information content (AvgIpc) is 3.20. The minimum absolute atomic E-state index is 0.145. The van der Waals surface area contributed by atoms with E-state index in [-0.39, 0.29) is 22.3 Å². The number of benzene rings is 2. The van der Waals surface area contributed by atoms with Gasteiger partial charge in [-0.15, -0.1) is 10.2 Å². The van der Waals surface area contributed by atoms with Gasteiger partial charge in [0.25, 0.3) is 17.5 Å². The molecule has 2 amide bonds. The zero-order valence-electron chi connectivity index (χ0n) is 15.8. The van der Waals surface area contributed by atoms with Crippen molar-refractivity contribution in [2.75, 3.05) is 19.0 Å². The molecule has 0 atom stereocenters. The topological polar surface area (TPSA) is 136 Å². The Labute approximate surface area is 175 Å². The standard InChI is InChI=1S/C19H17N5O5S/c1-29-15-7-3-5-13(11-15)17(25)20-9-8-16-22-23-19(30-16)21-18(26)12-4-2-6-14(10-12)24(27)28/h2-7,10-11H,8-9H2,1H3,(H,20,25)(H,21,23,26). The second-order valence-electron chi connectivity index (χ2n) is 6.00. The summed E-state index contributed by atoms with van der Waals surface area (Å²) < 4.78 is 5.10. The number of amides is 2. The third-order valence-electron chi connectivity index (χ3n) is 3.96. The van der Waals surface area contributed by atoms with Crippen molar-refractivity contribution in [3.05, 3.63) is 74.8 Å². The number of hydrogen-bond acceptors (Lipinski definition) is 8. The molecular formula is C19H17N5O5S. The highest BCUT2D eigenvalue weighted by Gasteiger charge is 2.14. The van der Waals surface area contributed by atoms with Gasteiger partial charge in [-0.05, 0) is 24.3 Å². The average molecular weight is 427 g/mol. The Bertz CT molecular complexity index is 1080. The molecule has 3 aromatic rings. The van der Waals surface area contributed by atoms with Crippen LogP contribution in [0, 0.1) is 10.1 Å². The van der Waals surface area contributed by atoms with Crippen LogP contribution in [-0.2, 0) is 6.42 Å². The second-order valence-corrected chi connectivity index (χ2v) is 7.06. The Morgan fingerprint density at radius 2 is 1.83 bits per heavy atom. The van der Waals surface area contributed by atoms with Crippen molar-refractivity contribution >= 4 is 34.0 Å². The maximum Gasteiger partial charge on any atom is 0.270 e. The second kappa shape index (κ2) is 9.56. The quantitative estimate of drug-likeness (QED) is 0.416. The third kappa shape index (κ3) is 5.35. The van der Waals surface area contributed by atoms with Crippen LogP contribution in [-0.4, -0.2) is 40.6 Å². The van der Waals surface area contributed by atoms with Crippen molar-refractivity contribution in [3.8, 4) is 5.75 Å². The van der Waals surface area contributed by atoms with Crippen molar-refractivity contribution in [2.45, 2.75) is 6.42 Å². The van der Waals surface area contributed by atoms with Crippen LogP contribution in [0.25, 0.3) is 0 Å². The summed E-state index contributed by atoms with van der Waals surface area (Å²) >= 11 is 1.16. The number of nitro groups is 1. The monoisotopic (exact) mass is 427 g/mol. The first-order valence-electron chi connectivity index (χ1n) is 8.76. The summed E-state index contributed by atoms with van der Waals surface area (Å²) in [6.07, 6.45) is 0.431. The molecule has 0 aliphatic rings. The van der Waals surface area contributed by atoms with E-state index in [9.17, 15) is 19.7 Å². The van der Waals surface area contributed by atoms with Crippen LogP contribution in [0.2, 0.25) is 0 Å². The van der Waals surface area contributed by atoms with Gasteiger partial charge in [-0.2, -0.15) is 0 Å². The minimum Gasteiger partial charge on any atom is -0.497 e. The molecule has 0 saturated carbocycles. The van der Waals surface area contributed by atoms with Gasteiger partial charge in [0, 0.05) is 36.2 Å². The molecule has 0 radical (unpaired) electrons. The summed E-state index contributed by atoms with van der Waals surface area (Å²) in [6, 6.07) is 12.2. The number of aromatic nitrogens is 2. The number of hydrogen-bond donors (Lipinski definition) is 2. The predicted octanol–water partition coefficient (Wildman–Crippen LogP) is 2.68. The van der Waals surface area contributed by atoms with Gasteiger partial charge in [0.1, 0.15) is 10.8 Å². The normalized spacial score (nSPS) is 10.3. The first-order chi connectivity index (χ1) is 14.5. The van der Waals surface area contributed by atoms with E-state index in [1.807, 2.05) is 0 Å². The molecule has 1 aromatic heterocycles. The summed E-state index contributed by atoms with van der Waals surface area (Å²) in [7, 11) is 1.53. The Morgan fingerprint density at radius 1 is 1.10 bits per heavy atom. The lowest BCUT2D eigenvalue weighted by atomic mass is 10.2. The van der Waals surface area contributed by atoms with Gasteiger partial charge >= 0.3 is 0 Å². The lowest BCUT2D eigenvalue weighted by molar-refractivity contribution is -0.384. The van der Waals surface area contributed by atoms with E-state index in [0.29, 0.717) is 29.3 Å². The molecular weight excluding hydrogens is 410 g/mol. The maximum atomic E-state index is 12.2. The molecule has 10 nitrogen and oxygen atoms in total. The van der Waals surface area contributed by atoms with E-state index < -0.39 is 10.8 Å². The van der Waals surface area contributed by atoms with Gasteiger partial charge in [-0.25, -0.2) is 0 Å². The molecule has 0 unspecified atom stereocenters. The first-order valence-corrected chi connectivity index (χ1v) is 9.58. The van der Waals surface area contributed by atoms with Crippen molar-refractivity contribution in [3.63, 3.8) is 0 Å². The molecule has 154 valence electrons. The predicted molar refractivity (Wildman–Crippen MR) is 110 cm³/mol. The fourth-order valence-corrected chi connectivity index (χ4v) is 3.22. The fraction of sp³-hybridized carbons (Fsp3) is 0.158. The Balaban J connectivity index is 1.52. The lowest BCUT2D eigenvalue weighted by Crippen LogP contribution is -2.25. The fourth-order valence-electron chi connectivity index (χ4n) is 2.48. The van der Waals surface area contributed by atoms with Gasteiger partial charge in [0.2, 0.25) is 5.13 Å². The van der Waals surface area contributed by atoms with E-state index in [0.717, 1.165) is 11.3 Å². The Kier molecular flexibility index (Phi) is 6.65. The largest absolute Gasteiger partial charge is 0.497 e. The zero-order valence-corrected chi connectivity index (χ0v) is 16.6. The number of nitrogens with zero attached hydrogens (tertiary/aromatic N) is 3. The smallest absolute Gasteiger partial charge is 0.270 e. The molecule has 11 heteroatoms. The summed E-state index contributed by atoms with van der Waals surface area (Å²) in [5.41, 5.74) is 0.454. The van der Waals surface area contributed by atoms with Crippen LogP contribution < -0.4 is 15.4 Å². The molecule has 2 aromatic carbocycles.